The molecule has 0 aliphatic carbocycles. The van der Waals surface area contributed by atoms with Crippen molar-refractivity contribution >= 4 is 5.69 Å². The van der Waals surface area contributed by atoms with Crippen LogP contribution in [0.1, 0.15) is 17.0 Å². The molecule has 2 rings (SSSR count). The smallest absolute Gasteiger partial charge is 0.142 e. The number of furan rings is 1. The summed E-state index contributed by atoms with van der Waals surface area (Å²) in [6.45, 7) is 2.69. The second-order valence-corrected chi connectivity index (χ2v) is 3.87. The first-order valence-corrected chi connectivity index (χ1v) is 5.31. The molecule has 0 N–H and O–H groups in total. The minimum atomic E-state index is 0.429. The van der Waals surface area contributed by atoms with Gasteiger partial charge in [0.25, 0.3) is 0 Å². The van der Waals surface area contributed by atoms with Crippen LogP contribution in [0.15, 0.2) is 35.1 Å². The van der Waals surface area contributed by atoms with Crippen LogP contribution < -0.4 is 4.90 Å². The molecule has 0 aliphatic heterocycles. The number of nitrogens with zero attached hydrogens (tertiary/aromatic N) is 3. The van der Waals surface area contributed by atoms with Gasteiger partial charge in [-0.05, 0) is 25.1 Å². The fraction of sp³-hybridized carbons (Fsp3) is 0.231. The second kappa shape index (κ2) is 4.71. The molecule has 0 aromatic carbocycles. The zero-order valence-electron chi connectivity index (χ0n) is 9.84. The van der Waals surface area contributed by atoms with Crippen LogP contribution in [0.5, 0.6) is 0 Å². The van der Waals surface area contributed by atoms with Gasteiger partial charge >= 0.3 is 0 Å². The van der Waals surface area contributed by atoms with Crippen LogP contribution in [-0.4, -0.2) is 12.0 Å². The van der Waals surface area contributed by atoms with E-state index in [1.165, 1.54) is 0 Å². The third-order valence-electron chi connectivity index (χ3n) is 2.67. The number of anilines is 1. The van der Waals surface area contributed by atoms with Gasteiger partial charge in [0.15, 0.2) is 0 Å². The summed E-state index contributed by atoms with van der Waals surface area (Å²) in [6, 6.07) is 7.65. The Morgan fingerprint density at radius 2 is 2.29 bits per heavy atom. The molecule has 17 heavy (non-hydrogen) atoms. The summed E-state index contributed by atoms with van der Waals surface area (Å²) >= 11 is 0. The number of aromatic nitrogens is 1. The van der Waals surface area contributed by atoms with Gasteiger partial charge in [-0.1, -0.05) is 0 Å². The van der Waals surface area contributed by atoms with Crippen LogP contribution in [-0.2, 0) is 6.54 Å². The van der Waals surface area contributed by atoms with Crippen molar-refractivity contribution in [2.24, 2.45) is 0 Å². The highest BCUT2D eigenvalue weighted by atomic mass is 16.3. The van der Waals surface area contributed by atoms with E-state index in [9.17, 15) is 0 Å². The number of pyridine rings is 1. The monoisotopic (exact) mass is 227 g/mol. The first kappa shape index (κ1) is 11.2. The van der Waals surface area contributed by atoms with Crippen molar-refractivity contribution in [1.29, 1.82) is 5.26 Å². The summed E-state index contributed by atoms with van der Waals surface area (Å²) in [5.41, 5.74) is 2.54. The highest BCUT2D eigenvalue weighted by molar-refractivity contribution is 5.48. The number of rotatable bonds is 3. The van der Waals surface area contributed by atoms with Crippen LogP contribution in [0.4, 0.5) is 5.69 Å². The van der Waals surface area contributed by atoms with E-state index in [0.717, 1.165) is 23.6 Å². The fourth-order valence-corrected chi connectivity index (χ4v) is 1.64. The van der Waals surface area contributed by atoms with Crippen molar-refractivity contribution in [3.05, 3.63) is 47.7 Å². The molecule has 0 radical (unpaired) electrons. The van der Waals surface area contributed by atoms with E-state index in [0.29, 0.717) is 5.69 Å². The van der Waals surface area contributed by atoms with Crippen molar-refractivity contribution in [1.82, 2.24) is 4.98 Å². The summed E-state index contributed by atoms with van der Waals surface area (Å²) in [6.07, 6.45) is 3.33. The van der Waals surface area contributed by atoms with E-state index in [2.05, 4.69) is 9.88 Å². The number of aryl methyl sites for hydroxylation is 1. The molecule has 0 saturated heterocycles. The summed E-state index contributed by atoms with van der Waals surface area (Å²) in [5, 5.41) is 8.80. The van der Waals surface area contributed by atoms with E-state index in [4.69, 9.17) is 9.68 Å². The van der Waals surface area contributed by atoms with Gasteiger partial charge in [0.05, 0.1) is 6.26 Å². The van der Waals surface area contributed by atoms with E-state index >= 15 is 0 Å². The Balaban J connectivity index is 2.17. The highest BCUT2D eigenvalue weighted by Gasteiger charge is 2.07. The molecule has 0 aliphatic rings. The van der Waals surface area contributed by atoms with Crippen LogP contribution in [0.3, 0.4) is 0 Å². The maximum atomic E-state index is 8.80. The molecule has 0 atom stereocenters. The predicted octanol–water partition coefficient (Wildman–Crippen LogP) is 2.49. The summed E-state index contributed by atoms with van der Waals surface area (Å²) in [4.78, 5) is 6.00. The molecule has 0 spiro atoms. The predicted molar refractivity (Wildman–Crippen MR) is 64.5 cm³/mol. The largest absolute Gasteiger partial charge is 0.469 e. The van der Waals surface area contributed by atoms with Gasteiger partial charge in [-0.2, -0.15) is 5.26 Å². The van der Waals surface area contributed by atoms with Gasteiger partial charge in [0.2, 0.25) is 0 Å². The molecule has 0 amide bonds. The Labute approximate surface area is 100 Å². The third kappa shape index (κ3) is 2.45. The van der Waals surface area contributed by atoms with Gasteiger partial charge in [-0.3, -0.25) is 0 Å². The topological polar surface area (TPSA) is 53.1 Å². The summed E-state index contributed by atoms with van der Waals surface area (Å²) in [5.74, 6) is 0.923. The quantitative estimate of drug-likeness (QED) is 0.808. The van der Waals surface area contributed by atoms with Crippen molar-refractivity contribution in [3.63, 3.8) is 0 Å². The molecule has 0 unspecified atom stereocenters. The number of hydrogen-bond donors (Lipinski definition) is 0. The zero-order chi connectivity index (χ0) is 12.3. The normalized spacial score (nSPS) is 9.94. The number of hydrogen-bond acceptors (Lipinski definition) is 4. The minimum absolute atomic E-state index is 0.429. The molecule has 86 valence electrons. The lowest BCUT2D eigenvalue weighted by molar-refractivity contribution is 0.529. The maximum Gasteiger partial charge on any atom is 0.142 e. The van der Waals surface area contributed by atoms with Gasteiger partial charge in [0, 0.05) is 31.0 Å². The third-order valence-corrected chi connectivity index (χ3v) is 2.67. The molecular weight excluding hydrogens is 214 g/mol. The Kier molecular flexibility index (Phi) is 3.10. The van der Waals surface area contributed by atoms with E-state index in [1.807, 2.05) is 32.2 Å². The van der Waals surface area contributed by atoms with Crippen LogP contribution in [0.25, 0.3) is 0 Å². The lowest BCUT2D eigenvalue weighted by Gasteiger charge is -2.18. The van der Waals surface area contributed by atoms with E-state index < -0.39 is 0 Å². The Hall–Kier alpha value is -2.28. The molecule has 2 heterocycles. The minimum Gasteiger partial charge on any atom is -0.469 e. The lowest BCUT2D eigenvalue weighted by atomic mass is 10.2. The first-order chi connectivity index (χ1) is 8.20. The summed E-state index contributed by atoms with van der Waals surface area (Å²) < 4.78 is 5.25. The Bertz CT molecular complexity index is 554. The Morgan fingerprint density at radius 3 is 2.94 bits per heavy atom. The first-order valence-electron chi connectivity index (χ1n) is 5.31. The van der Waals surface area contributed by atoms with Crippen molar-refractivity contribution in [2.45, 2.75) is 13.5 Å². The van der Waals surface area contributed by atoms with Crippen molar-refractivity contribution < 1.29 is 4.42 Å². The average Bonchev–Trinajstić information content (AvgIpc) is 2.75. The van der Waals surface area contributed by atoms with Crippen LogP contribution in [0, 0.1) is 18.3 Å². The molecule has 4 nitrogen and oxygen atoms in total. The van der Waals surface area contributed by atoms with Gasteiger partial charge < -0.3 is 9.32 Å². The molecule has 2 aromatic heterocycles. The standard InChI is InChI=1S/C13H13N3O/c1-10-11(4-6-17-10)9-16(2)13-3-5-15-12(7-13)8-14/h3-7H,9H2,1-2H3. The summed E-state index contributed by atoms with van der Waals surface area (Å²) in [7, 11) is 1.98. The zero-order valence-corrected chi connectivity index (χ0v) is 9.84. The van der Waals surface area contributed by atoms with Crippen LogP contribution in [0.2, 0.25) is 0 Å². The average molecular weight is 227 g/mol. The van der Waals surface area contributed by atoms with Gasteiger partial charge in [-0.15, -0.1) is 0 Å². The van der Waals surface area contributed by atoms with Crippen molar-refractivity contribution in [3.8, 4) is 6.07 Å². The Morgan fingerprint density at radius 1 is 1.47 bits per heavy atom. The van der Waals surface area contributed by atoms with E-state index in [-0.39, 0.29) is 0 Å². The number of nitriles is 1. The second-order valence-electron chi connectivity index (χ2n) is 3.87. The van der Waals surface area contributed by atoms with Crippen molar-refractivity contribution in [2.75, 3.05) is 11.9 Å². The highest BCUT2D eigenvalue weighted by Crippen LogP contribution is 2.17. The SMILES string of the molecule is Cc1occc1CN(C)c1ccnc(C#N)c1. The van der Waals surface area contributed by atoms with Gasteiger partial charge in [0.1, 0.15) is 17.5 Å². The van der Waals surface area contributed by atoms with Gasteiger partial charge in [-0.25, -0.2) is 4.98 Å². The molecule has 2 aromatic rings. The molecular formula is C13H13N3O. The lowest BCUT2D eigenvalue weighted by Crippen LogP contribution is -2.16. The van der Waals surface area contributed by atoms with Crippen LogP contribution >= 0.6 is 0 Å². The molecule has 0 fully saturated rings. The molecule has 0 bridgehead atoms. The fourth-order valence-electron chi connectivity index (χ4n) is 1.64. The maximum absolute atomic E-state index is 8.80. The molecule has 0 saturated carbocycles. The molecule has 4 heteroatoms. The van der Waals surface area contributed by atoms with E-state index in [1.54, 1.807) is 18.5 Å².